The maximum Gasteiger partial charge on any atom is 0.244 e. The molecule has 170 valence electrons. The molecule has 0 aliphatic carbocycles. The number of hydrogen-bond donors (Lipinski definition) is 0. The summed E-state index contributed by atoms with van der Waals surface area (Å²) in [5.74, 6) is -0.609. The fraction of sp³-hybridized carbons (Fsp3) is 0.409. The van der Waals surface area contributed by atoms with Gasteiger partial charge in [0, 0.05) is 54.6 Å². The molecule has 3 aromatic rings. The molecule has 0 N–H and O–H groups in total. The number of ether oxygens (including phenoxy) is 2. The quantitative estimate of drug-likeness (QED) is 0.541. The molecule has 0 bridgehead atoms. The Morgan fingerprint density at radius 3 is 2.44 bits per heavy atom. The largest absolute Gasteiger partial charge is 0.347 e. The zero-order valence-corrected chi connectivity index (χ0v) is 20.3. The van der Waals surface area contributed by atoms with E-state index in [1.54, 1.807) is 6.07 Å². The van der Waals surface area contributed by atoms with Gasteiger partial charge in [-0.05, 0) is 25.1 Å². The van der Waals surface area contributed by atoms with Gasteiger partial charge in [-0.15, -0.1) is 11.3 Å². The molecule has 1 spiro atoms. The lowest BCUT2D eigenvalue weighted by Crippen LogP contribution is -2.47. The number of rotatable bonds is 4. The highest BCUT2D eigenvalue weighted by Gasteiger charge is 2.43. The lowest BCUT2D eigenvalue weighted by Gasteiger charge is -2.36. The van der Waals surface area contributed by atoms with Crippen LogP contribution in [-0.4, -0.2) is 54.4 Å². The monoisotopic (exact) mass is 493 g/mol. The van der Waals surface area contributed by atoms with Crippen LogP contribution in [0.3, 0.4) is 0 Å². The van der Waals surface area contributed by atoms with E-state index in [0.717, 1.165) is 22.0 Å². The van der Waals surface area contributed by atoms with Crippen LogP contribution in [0.25, 0.3) is 22.0 Å². The second-order valence-corrected chi connectivity index (χ2v) is 11.3. The fourth-order valence-electron chi connectivity index (χ4n) is 4.27. The summed E-state index contributed by atoms with van der Waals surface area (Å²) in [7, 11) is -1.76. The minimum atomic E-state index is -3.64. The van der Waals surface area contributed by atoms with E-state index in [-0.39, 0.29) is 0 Å². The summed E-state index contributed by atoms with van der Waals surface area (Å²) < 4.78 is 41.8. The molecule has 2 aromatic heterocycles. The third kappa shape index (κ3) is 3.81. The first-order valence-electron chi connectivity index (χ1n) is 10.5. The maximum atomic E-state index is 13.5. The molecule has 4 heterocycles. The van der Waals surface area contributed by atoms with Crippen molar-refractivity contribution in [1.82, 2.24) is 13.9 Å². The van der Waals surface area contributed by atoms with E-state index in [1.807, 2.05) is 48.2 Å². The standard InChI is InChI=1S/C22H24ClN3O4S2/c1-15-20(32(27,28)26-9-7-22(8-10-26)29-11-12-30-22)13-19(25(15)2)21-24-18(14-31-21)16-3-5-17(23)6-4-16/h3-6,13-14H,7-12H2,1-2H3. The topological polar surface area (TPSA) is 73.7 Å². The summed E-state index contributed by atoms with van der Waals surface area (Å²) in [5.41, 5.74) is 3.27. The van der Waals surface area contributed by atoms with E-state index < -0.39 is 15.8 Å². The molecular formula is C22H24ClN3O4S2. The summed E-state index contributed by atoms with van der Waals surface area (Å²) in [6, 6.07) is 9.25. The van der Waals surface area contributed by atoms with Crippen molar-refractivity contribution in [2.45, 2.75) is 30.4 Å². The normalized spacial score (nSPS) is 19.1. The number of piperidine rings is 1. The highest BCUT2D eigenvalue weighted by Crippen LogP contribution is 2.37. The van der Waals surface area contributed by atoms with Crippen LogP contribution in [0.15, 0.2) is 40.6 Å². The summed E-state index contributed by atoms with van der Waals surface area (Å²) in [6.45, 7) is 3.73. The Kier molecular flexibility index (Phi) is 5.68. The average molecular weight is 494 g/mol. The summed E-state index contributed by atoms with van der Waals surface area (Å²) in [6.07, 6.45) is 1.09. The lowest BCUT2D eigenvalue weighted by molar-refractivity contribution is -0.179. The number of halogens is 1. The van der Waals surface area contributed by atoms with Gasteiger partial charge in [-0.1, -0.05) is 23.7 Å². The minimum Gasteiger partial charge on any atom is -0.347 e. The molecule has 2 aliphatic rings. The zero-order chi connectivity index (χ0) is 22.5. The molecule has 32 heavy (non-hydrogen) atoms. The molecule has 0 radical (unpaired) electrons. The first-order valence-corrected chi connectivity index (χ1v) is 13.2. The van der Waals surface area contributed by atoms with E-state index in [1.165, 1.54) is 15.6 Å². The van der Waals surface area contributed by atoms with Crippen molar-refractivity contribution < 1.29 is 17.9 Å². The van der Waals surface area contributed by atoms with Crippen LogP contribution in [0.2, 0.25) is 5.02 Å². The van der Waals surface area contributed by atoms with E-state index in [0.29, 0.717) is 54.8 Å². The lowest BCUT2D eigenvalue weighted by atomic mass is 10.1. The predicted molar refractivity (Wildman–Crippen MR) is 124 cm³/mol. The summed E-state index contributed by atoms with van der Waals surface area (Å²) in [5, 5.41) is 3.42. The average Bonchev–Trinajstić information content (AvgIpc) is 3.50. The highest BCUT2D eigenvalue weighted by atomic mass is 35.5. The van der Waals surface area contributed by atoms with Crippen molar-refractivity contribution in [2.75, 3.05) is 26.3 Å². The molecule has 0 amide bonds. The molecule has 1 aromatic carbocycles. The Bertz CT molecular complexity index is 1230. The van der Waals surface area contributed by atoms with Gasteiger partial charge < -0.3 is 14.0 Å². The smallest absolute Gasteiger partial charge is 0.244 e. The van der Waals surface area contributed by atoms with E-state index in [4.69, 9.17) is 26.1 Å². The van der Waals surface area contributed by atoms with Gasteiger partial charge in [-0.2, -0.15) is 4.31 Å². The number of aromatic nitrogens is 2. The van der Waals surface area contributed by atoms with Gasteiger partial charge in [0.2, 0.25) is 10.0 Å². The van der Waals surface area contributed by atoms with Gasteiger partial charge in [-0.3, -0.25) is 0 Å². The van der Waals surface area contributed by atoms with Crippen molar-refractivity contribution in [2.24, 2.45) is 7.05 Å². The van der Waals surface area contributed by atoms with Gasteiger partial charge in [0.15, 0.2) is 5.79 Å². The fourth-order valence-corrected chi connectivity index (χ4v) is 6.99. The Hall–Kier alpha value is -1.75. The second kappa shape index (κ2) is 8.23. The van der Waals surface area contributed by atoms with E-state index in [9.17, 15) is 8.42 Å². The van der Waals surface area contributed by atoms with Crippen LogP contribution < -0.4 is 0 Å². The van der Waals surface area contributed by atoms with Gasteiger partial charge in [0.05, 0.1) is 24.6 Å². The van der Waals surface area contributed by atoms with Crippen molar-refractivity contribution in [3.05, 3.63) is 46.4 Å². The third-order valence-electron chi connectivity index (χ3n) is 6.27. The Balaban J connectivity index is 1.42. The molecule has 0 saturated carbocycles. The van der Waals surface area contributed by atoms with E-state index in [2.05, 4.69) is 0 Å². The molecule has 5 rings (SSSR count). The van der Waals surface area contributed by atoms with Gasteiger partial charge in [0.1, 0.15) is 9.90 Å². The molecule has 10 heteroatoms. The van der Waals surface area contributed by atoms with Crippen LogP contribution in [-0.2, 0) is 26.5 Å². The van der Waals surface area contributed by atoms with Gasteiger partial charge in [-0.25, -0.2) is 13.4 Å². The van der Waals surface area contributed by atoms with Crippen LogP contribution in [0.1, 0.15) is 18.5 Å². The van der Waals surface area contributed by atoms with Crippen molar-refractivity contribution in [1.29, 1.82) is 0 Å². The highest BCUT2D eigenvalue weighted by molar-refractivity contribution is 7.89. The second-order valence-electron chi connectivity index (χ2n) is 8.09. The zero-order valence-electron chi connectivity index (χ0n) is 17.9. The van der Waals surface area contributed by atoms with Crippen molar-refractivity contribution in [3.63, 3.8) is 0 Å². The Morgan fingerprint density at radius 1 is 1.12 bits per heavy atom. The van der Waals surface area contributed by atoms with Crippen molar-refractivity contribution >= 4 is 33.0 Å². The number of nitrogens with zero attached hydrogens (tertiary/aromatic N) is 3. The number of thiazole rings is 1. The van der Waals surface area contributed by atoms with Gasteiger partial charge >= 0.3 is 0 Å². The van der Waals surface area contributed by atoms with Crippen LogP contribution in [0.4, 0.5) is 0 Å². The Labute approximate surface area is 196 Å². The summed E-state index contributed by atoms with van der Waals surface area (Å²) >= 11 is 7.48. The summed E-state index contributed by atoms with van der Waals surface area (Å²) in [4.78, 5) is 5.07. The number of benzene rings is 1. The first-order chi connectivity index (χ1) is 15.3. The maximum absolute atomic E-state index is 13.5. The molecular weight excluding hydrogens is 470 g/mol. The number of sulfonamides is 1. The molecule has 0 unspecified atom stereocenters. The Morgan fingerprint density at radius 2 is 1.78 bits per heavy atom. The molecule has 2 saturated heterocycles. The SMILES string of the molecule is Cc1c(S(=O)(=O)N2CCC3(CC2)OCCO3)cc(-c2nc(-c3ccc(Cl)cc3)cs2)n1C. The molecule has 7 nitrogen and oxygen atoms in total. The van der Waals surface area contributed by atoms with Crippen LogP contribution in [0, 0.1) is 6.92 Å². The predicted octanol–water partition coefficient (Wildman–Crippen LogP) is 4.31. The van der Waals surface area contributed by atoms with Crippen molar-refractivity contribution in [3.8, 4) is 22.0 Å². The third-order valence-corrected chi connectivity index (χ3v) is 9.40. The van der Waals surface area contributed by atoms with Crippen LogP contribution in [0.5, 0.6) is 0 Å². The first kappa shape index (κ1) is 22.1. The minimum absolute atomic E-state index is 0.322. The van der Waals surface area contributed by atoms with E-state index >= 15 is 0 Å². The molecule has 0 atom stereocenters. The van der Waals surface area contributed by atoms with Crippen LogP contribution >= 0.6 is 22.9 Å². The molecule has 2 fully saturated rings. The van der Waals surface area contributed by atoms with Gasteiger partial charge in [0.25, 0.3) is 0 Å². The molecule has 2 aliphatic heterocycles. The number of hydrogen-bond acceptors (Lipinski definition) is 6.